The molecule has 0 aliphatic carbocycles. The number of likely N-dealkylation sites (N-methyl/N-ethyl adjacent to an activating group) is 1. The number of carbonyl (C=O) groups is 2. The largest absolute Gasteiger partial charge is 0.444 e. The van der Waals surface area contributed by atoms with Crippen LogP contribution in [0.25, 0.3) is 0 Å². The predicted octanol–water partition coefficient (Wildman–Crippen LogP) is 3.55. The fraction of sp³-hybridized carbons (Fsp3) is 0.833. The first-order valence-corrected chi connectivity index (χ1v) is 6.03. The van der Waals surface area contributed by atoms with E-state index in [4.69, 9.17) is 4.74 Å². The Morgan fingerprint density at radius 2 is 1.36 bits per heavy atom. The minimum atomic E-state index is -5.77. The molecule has 22 heavy (non-hydrogen) atoms. The molecule has 0 bridgehead atoms. The van der Waals surface area contributed by atoms with Crippen LogP contribution < -0.4 is 0 Å². The molecule has 1 atom stereocenters. The average Bonchev–Trinajstić information content (AvgIpc) is 2.21. The molecule has 1 unspecified atom stereocenters. The smallest absolute Gasteiger partial charge is 0.410 e. The van der Waals surface area contributed by atoms with Crippen molar-refractivity contribution in [1.29, 1.82) is 0 Å². The quantitative estimate of drug-likeness (QED) is 0.584. The summed E-state index contributed by atoms with van der Waals surface area (Å²) in [7, 11) is 0.646. The van der Waals surface area contributed by atoms with E-state index in [1.54, 1.807) is 0 Å². The lowest BCUT2D eigenvalue weighted by Crippen LogP contribution is -2.62. The minimum Gasteiger partial charge on any atom is -0.444 e. The molecular formula is C12H17F6NO3. The first-order chi connectivity index (χ1) is 9.47. The molecule has 130 valence electrons. The Balaban J connectivity index is 5.84. The van der Waals surface area contributed by atoms with Crippen LogP contribution in [0.5, 0.6) is 0 Å². The van der Waals surface area contributed by atoms with Crippen molar-refractivity contribution in [3.8, 4) is 0 Å². The summed E-state index contributed by atoms with van der Waals surface area (Å²) in [6.07, 6.45) is -13.6. The molecule has 0 aliphatic heterocycles. The van der Waals surface area contributed by atoms with Crippen molar-refractivity contribution in [1.82, 2.24) is 4.90 Å². The maximum atomic E-state index is 12.8. The highest BCUT2D eigenvalue weighted by molar-refractivity contribution is 5.77. The predicted molar refractivity (Wildman–Crippen MR) is 64.1 cm³/mol. The van der Waals surface area contributed by atoms with Gasteiger partial charge in [0.1, 0.15) is 17.4 Å². The summed E-state index contributed by atoms with van der Waals surface area (Å²) >= 11 is 0. The lowest BCUT2D eigenvalue weighted by atomic mass is 9.84. The Kier molecular flexibility index (Phi) is 5.56. The molecule has 0 saturated heterocycles. The molecule has 1 amide bonds. The third-order valence-electron chi connectivity index (χ3n) is 2.87. The van der Waals surface area contributed by atoms with Crippen LogP contribution in [0.1, 0.15) is 27.7 Å². The number of aldehydes is 1. The van der Waals surface area contributed by atoms with Gasteiger partial charge in [-0.3, -0.25) is 4.90 Å². The molecule has 0 radical (unpaired) electrons. The first-order valence-electron chi connectivity index (χ1n) is 6.03. The van der Waals surface area contributed by atoms with Gasteiger partial charge in [0.25, 0.3) is 0 Å². The maximum absolute atomic E-state index is 12.8. The fourth-order valence-electron chi connectivity index (χ4n) is 1.72. The monoisotopic (exact) mass is 337 g/mol. The van der Waals surface area contributed by atoms with Crippen molar-refractivity contribution in [2.24, 2.45) is 5.92 Å². The van der Waals surface area contributed by atoms with Gasteiger partial charge in [0.05, 0.1) is 0 Å². The van der Waals surface area contributed by atoms with Gasteiger partial charge in [-0.1, -0.05) is 0 Å². The average molecular weight is 337 g/mol. The van der Waals surface area contributed by atoms with Crippen molar-refractivity contribution in [3.05, 3.63) is 0 Å². The topological polar surface area (TPSA) is 46.6 Å². The van der Waals surface area contributed by atoms with Gasteiger partial charge in [-0.2, -0.15) is 26.3 Å². The molecule has 0 saturated carbocycles. The van der Waals surface area contributed by atoms with Crippen LogP contribution in [-0.2, 0) is 9.53 Å². The van der Waals surface area contributed by atoms with Crippen LogP contribution in [0.3, 0.4) is 0 Å². The number of carbonyl (C=O) groups excluding carboxylic acids is 2. The second kappa shape index (κ2) is 5.96. The van der Waals surface area contributed by atoms with Gasteiger partial charge in [0, 0.05) is 7.05 Å². The van der Waals surface area contributed by atoms with Crippen molar-refractivity contribution < 1.29 is 40.7 Å². The molecule has 4 nitrogen and oxygen atoms in total. The molecular weight excluding hydrogens is 320 g/mol. The number of rotatable bonds is 3. The Bertz CT molecular complexity index is 412. The molecule has 10 heteroatoms. The molecule has 0 aromatic carbocycles. The zero-order valence-corrected chi connectivity index (χ0v) is 12.6. The summed E-state index contributed by atoms with van der Waals surface area (Å²) in [5.74, 6) is -4.04. The summed E-state index contributed by atoms with van der Waals surface area (Å²) in [5, 5.41) is 0. The maximum Gasteiger partial charge on any atom is 0.410 e. The molecule has 0 spiro atoms. The highest BCUT2D eigenvalue weighted by atomic mass is 19.4. The number of hydrogen-bond acceptors (Lipinski definition) is 3. The van der Waals surface area contributed by atoms with Gasteiger partial charge in [0.2, 0.25) is 0 Å². The number of ether oxygens (including phenoxy) is 1. The zero-order valence-electron chi connectivity index (χ0n) is 12.6. The summed E-state index contributed by atoms with van der Waals surface area (Å²) in [6.45, 7) is 4.52. The highest BCUT2D eigenvalue weighted by Gasteiger charge is 2.67. The summed E-state index contributed by atoms with van der Waals surface area (Å²) in [5.41, 5.74) is -4.35. The Morgan fingerprint density at radius 1 is 1.00 bits per heavy atom. The van der Waals surface area contributed by atoms with Gasteiger partial charge in [0.15, 0.2) is 5.92 Å². The molecule has 0 aromatic rings. The normalized spacial score (nSPS) is 16.2. The van der Waals surface area contributed by atoms with Gasteiger partial charge in [-0.15, -0.1) is 0 Å². The second-order valence-corrected chi connectivity index (χ2v) is 5.90. The first kappa shape index (κ1) is 20.5. The van der Waals surface area contributed by atoms with Gasteiger partial charge in [-0.05, 0) is 27.7 Å². The molecule has 0 heterocycles. The molecule has 0 fully saturated rings. The SMILES string of the molecule is CN(C(=O)OC(C)(C)C)C(C)(C=O)C(C(F)(F)F)C(F)(F)F. The van der Waals surface area contributed by atoms with Crippen molar-refractivity contribution in [2.45, 2.75) is 51.2 Å². The van der Waals surface area contributed by atoms with Crippen LogP contribution in [0.4, 0.5) is 31.1 Å². The van der Waals surface area contributed by atoms with Crippen LogP contribution >= 0.6 is 0 Å². The van der Waals surface area contributed by atoms with Crippen LogP contribution in [0.2, 0.25) is 0 Å². The van der Waals surface area contributed by atoms with Crippen LogP contribution in [-0.4, -0.2) is 47.8 Å². The number of amides is 1. The number of nitrogens with zero attached hydrogens (tertiary/aromatic N) is 1. The van der Waals surface area contributed by atoms with Crippen LogP contribution in [0, 0.1) is 5.92 Å². The molecule has 0 aromatic heterocycles. The van der Waals surface area contributed by atoms with E-state index in [0.29, 0.717) is 14.0 Å². The van der Waals surface area contributed by atoms with E-state index < -0.39 is 41.8 Å². The molecule has 0 aliphatic rings. The Morgan fingerprint density at radius 3 is 1.59 bits per heavy atom. The zero-order chi connectivity index (χ0) is 18.1. The lowest BCUT2D eigenvalue weighted by molar-refractivity contribution is -0.305. The number of alkyl halides is 6. The third kappa shape index (κ3) is 4.77. The van der Waals surface area contributed by atoms with E-state index in [1.165, 1.54) is 20.8 Å². The van der Waals surface area contributed by atoms with Crippen LogP contribution in [0.15, 0.2) is 0 Å². The lowest BCUT2D eigenvalue weighted by Gasteiger charge is -2.41. The fourth-order valence-corrected chi connectivity index (χ4v) is 1.72. The van der Waals surface area contributed by atoms with E-state index in [-0.39, 0.29) is 4.90 Å². The van der Waals surface area contributed by atoms with Gasteiger partial charge < -0.3 is 9.53 Å². The molecule has 0 rings (SSSR count). The van der Waals surface area contributed by atoms with E-state index >= 15 is 0 Å². The number of halogens is 6. The minimum absolute atomic E-state index is 0.0108. The Hall–Kier alpha value is -1.48. The van der Waals surface area contributed by atoms with Crippen molar-refractivity contribution >= 4 is 12.4 Å². The second-order valence-electron chi connectivity index (χ2n) is 5.90. The number of hydrogen-bond donors (Lipinski definition) is 0. The molecule has 0 N–H and O–H groups in total. The van der Waals surface area contributed by atoms with E-state index in [1.807, 2.05) is 0 Å². The van der Waals surface area contributed by atoms with E-state index in [2.05, 4.69) is 0 Å². The van der Waals surface area contributed by atoms with E-state index in [9.17, 15) is 35.9 Å². The van der Waals surface area contributed by atoms with Crippen molar-refractivity contribution in [3.63, 3.8) is 0 Å². The third-order valence-corrected chi connectivity index (χ3v) is 2.87. The van der Waals surface area contributed by atoms with Crippen molar-refractivity contribution in [2.75, 3.05) is 7.05 Å². The Labute approximate surface area is 123 Å². The standard InChI is InChI=1S/C12H17F6NO3/c1-9(2,3)22-8(21)19(5)10(4,6-20)7(11(13,14)15)12(16,17)18/h6-7H,1-5H3. The summed E-state index contributed by atoms with van der Waals surface area (Å²) in [6, 6.07) is 0. The summed E-state index contributed by atoms with van der Waals surface area (Å²) in [4.78, 5) is 22.8. The van der Waals surface area contributed by atoms with Gasteiger partial charge in [-0.25, -0.2) is 4.79 Å². The van der Waals surface area contributed by atoms with E-state index in [0.717, 1.165) is 0 Å². The highest BCUT2D eigenvalue weighted by Crippen LogP contribution is 2.47. The summed E-state index contributed by atoms with van der Waals surface area (Å²) < 4.78 is 81.5. The van der Waals surface area contributed by atoms with Gasteiger partial charge >= 0.3 is 18.4 Å².